The maximum absolute atomic E-state index is 12.1. The van der Waals surface area contributed by atoms with Crippen molar-refractivity contribution in [1.82, 2.24) is 9.21 Å². The number of benzene rings is 1. The van der Waals surface area contributed by atoms with Crippen molar-refractivity contribution in [2.75, 3.05) is 32.0 Å². The first-order chi connectivity index (χ1) is 10.1. The Balaban J connectivity index is 1.73. The van der Waals surface area contributed by atoms with Crippen molar-refractivity contribution in [3.05, 3.63) is 35.9 Å². The van der Waals surface area contributed by atoms with Crippen molar-refractivity contribution in [3.8, 4) is 0 Å². The summed E-state index contributed by atoms with van der Waals surface area (Å²) >= 11 is 0. The van der Waals surface area contributed by atoms with Gasteiger partial charge >= 0.3 is 0 Å². The van der Waals surface area contributed by atoms with Gasteiger partial charge in [0.15, 0.2) is 0 Å². The fraction of sp³-hybridized carbons (Fsp3) is 0.600. The van der Waals surface area contributed by atoms with Gasteiger partial charge < -0.3 is 4.74 Å². The average molecular weight is 310 g/mol. The number of hydrogen-bond donors (Lipinski definition) is 0. The van der Waals surface area contributed by atoms with E-state index in [0.717, 1.165) is 13.1 Å². The number of nitrogens with zero attached hydrogens (tertiary/aromatic N) is 2. The van der Waals surface area contributed by atoms with Crippen LogP contribution in [0.2, 0.25) is 0 Å². The molecule has 1 aromatic carbocycles. The second-order valence-electron chi connectivity index (χ2n) is 5.65. The minimum Gasteiger partial charge on any atom is -0.374 e. The van der Waals surface area contributed by atoms with Gasteiger partial charge in [-0.1, -0.05) is 30.3 Å². The minimum absolute atomic E-state index is 0.00351. The van der Waals surface area contributed by atoms with Crippen LogP contribution in [0.25, 0.3) is 0 Å². The predicted molar refractivity (Wildman–Crippen MR) is 81.4 cm³/mol. The van der Waals surface area contributed by atoms with Gasteiger partial charge in [0.2, 0.25) is 10.0 Å². The molecular weight excluding hydrogens is 288 g/mol. The zero-order valence-corrected chi connectivity index (χ0v) is 13.1. The Morgan fingerprint density at radius 2 is 2.00 bits per heavy atom. The highest BCUT2D eigenvalue weighted by atomic mass is 32.2. The quantitative estimate of drug-likeness (QED) is 0.830. The van der Waals surface area contributed by atoms with Crippen LogP contribution in [-0.2, 0) is 21.3 Å². The lowest BCUT2D eigenvalue weighted by Gasteiger charge is -2.36. The Bertz CT molecular complexity index is 576. The molecular formula is C15H22N2O3S. The van der Waals surface area contributed by atoms with Gasteiger partial charge in [-0.25, -0.2) is 8.42 Å². The topological polar surface area (TPSA) is 49.9 Å². The molecule has 2 saturated heterocycles. The first-order valence-corrected chi connectivity index (χ1v) is 9.08. The summed E-state index contributed by atoms with van der Waals surface area (Å²) in [6, 6.07) is 10.5. The number of sulfonamides is 1. The standard InChI is InChI=1S/C15H22N2O3S/c1-2-21(18,19)17-11-14-15(12-17)20-9-8-16(14)10-13-6-4-3-5-7-13/h3-7,14-15H,2,8-12H2,1H3. The van der Waals surface area contributed by atoms with Gasteiger partial charge in [-0.15, -0.1) is 0 Å². The average Bonchev–Trinajstić information content (AvgIpc) is 2.94. The molecule has 0 bridgehead atoms. The summed E-state index contributed by atoms with van der Waals surface area (Å²) in [6.45, 7) is 5.12. The lowest BCUT2D eigenvalue weighted by molar-refractivity contribution is -0.0502. The van der Waals surface area contributed by atoms with E-state index in [1.54, 1.807) is 11.2 Å². The van der Waals surface area contributed by atoms with Crippen LogP contribution in [-0.4, -0.2) is 61.8 Å². The molecule has 0 N–H and O–H groups in total. The molecule has 2 fully saturated rings. The van der Waals surface area contributed by atoms with Crippen molar-refractivity contribution in [3.63, 3.8) is 0 Å². The molecule has 21 heavy (non-hydrogen) atoms. The zero-order valence-electron chi connectivity index (χ0n) is 12.3. The highest BCUT2D eigenvalue weighted by Gasteiger charge is 2.43. The second-order valence-corrected chi connectivity index (χ2v) is 7.91. The van der Waals surface area contributed by atoms with Crippen LogP contribution in [0.15, 0.2) is 30.3 Å². The van der Waals surface area contributed by atoms with Crippen LogP contribution in [0.4, 0.5) is 0 Å². The van der Waals surface area contributed by atoms with E-state index < -0.39 is 10.0 Å². The van der Waals surface area contributed by atoms with Crippen molar-refractivity contribution in [1.29, 1.82) is 0 Å². The Kier molecular flexibility index (Phi) is 4.31. The fourth-order valence-corrected chi connectivity index (χ4v) is 4.27. The number of fused-ring (bicyclic) bond motifs is 1. The summed E-state index contributed by atoms with van der Waals surface area (Å²) in [5.74, 6) is 0.158. The van der Waals surface area contributed by atoms with Gasteiger partial charge in [-0.3, -0.25) is 4.90 Å². The molecule has 0 saturated carbocycles. The molecule has 5 nitrogen and oxygen atoms in total. The third kappa shape index (κ3) is 3.13. The van der Waals surface area contributed by atoms with Gasteiger partial charge in [0, 0.05) is 26.2 Å². The van der Waals surface area contributed by atoms with Crippen LogP contribution >= 0.6 is 0 Å². The van der Waals surface area contributed by atoms with Gasteiger partial charge in [0.25, 0.3) is 0 Å². The number of hydrogen-bond acceptors (Lipinski definition) is 4. The molecule has 0 aliphatic carbocycles. The Labute approximate surface area is 126 Å². The zero-order chi connectivity index (χ0) is 14.9. The summed E-state index contributed by atoms with van der Waals surface area (Å²) < 4.78 is 31.5. The maximum atomic E-state index is 12.1. The van der Waals surface area contributed by atoms with E-state index in [-0.39, 0.29) is 17.9 Å². The number of rotatable bonds is 4. The van der Waals surface area contributed by atoms with E-state index in [4.69, 9.17) is 4.74 Å². The number of ether oxygens (including phenoxy) is 1. The van der Waals surface area contributed by atoms with E-state index in [0.29, 0.717) is 19.7 Å². The van der Waals surface area contributed by atoms with Gasteiger partial charge in [0.1, 0.15) is 0 Å². The summed E-state index contributed by atoms with van der Waals surface area (Å²) in [5.41, 5.74) is 1.26. The SMILES string of the molecule is CCS(=O)(=O)N1CC2OCCN(Cc3ccccc3)C2C1. The van der Waals surface area contributed by atoms with Gasteiger partial charge in [-0.2, -0.15) is 4.31 Å². The molecule has 2 unspecified atom stereocenters. The van der Waals surface area contributed by atoms with Crippen molar-refractivity contribution < 1.29 is 13.2 Å². The van der Waals surface area contributed by atoms with Crippen LogP contribution in [0.3, 0.4) is 0 Å². The monoisotopic (exact) mass is 310 g/mol. The maximum Gasteiger partial charge on any atom is 0.213 e. The van der Waals surface area contributed by atoms with Crippen LogP contribution in [0.5, 0.6) is 0 Å². The lowest BCUT2D eigenvalue weighted by Crippen LogP contribution is -2.50. The van der Waals surface area contributed by atoms with Crippen molar-refractivity contribution in [2.45, 2.75) is 25.6 Å². The Morgan fingerprint density at radius 3 is 2.71 bits per heavy atom. The van der Waals surface area contributed by atoms with E-state index in [9.17, 15) is 8.42 Å². The van der Waals surface area contributed by atoms with Crippen LogP contribution < -0.4 is 0 Å². The van der Waals surface area contributed by atoms with E-state index >= 15 is 0 Å². The van der Waals surface area contributed by atoms with E-state index in [2.05, 4.69) is 17.0 Å². The highest BCUT2D eigenvalue weighted by molar-refractivity contribution is 7.89. The predicted octanol–water partition coefficient (Wildman–Crippen LogP) is 0.921. The third-order valence-corrected chi connectivity index (χ3v) is 6.18. The molecule has 0 aromatic heterocycles. The molecule has 2 heterocycles. The van der Waals surface area contributed by atoms with Crippen molar-refractivity contribution in [2.24, 2.45) is 0 Å². The molecule has 0 radical (unpaired) electrons. The first-order valence-electron chi connectivity index (χ1n) is 7.47. The number of morpholine rings is 1. The van der Waals surface area contributed by atoms with Gasteiger partial charge in [-0.05, 0) is 12.5 Å². The molecule has 2 atom stereocenters. The molecule has 0 spiro atoms. The largest absolute Gasteiger partial charge is 0.374 e. The van der Waals surface area contributed by atoms with Crippen LogP contribution in [0.1, 0.15) is 12.5 Å². The summed E-state index contributed by atoms with van der Waals surface area (Å²) in [7, 11) is -3.13. The highest BCUT2D eigenvalue weighted by Crippen LogP contribution is 2.26. The molecule has 1 aromatic rings. The smallest absolute Gasteiger partial charge is 0.213 e. The molecule has 0 amide bonds. The summed E-state index contributed by atoms with van der Waals surface area (Å²) in [5, 5.41) is 0. The Hall–Kier alpha value is -0.950. The second kappa shape index (κ2) is 6.04. The molecule has 6 heteroatoms. The molecule has 3 rings (SSSR count). The summed E-state index contributed by atoms with van der Waals surface area (Å²) in [4.78, 5) is 2.36. The van der Waals surface area contributed by atoms with E-state index in [1.807, 2.05) is 18.2 Å². The lowest BCUT2D eigenvalue weighted by atomic mass is 10.1. The minimum atomic E-state index is -3.13. The van der Waals surface area contributed by atoms with E-state index in [1.165, 1.54) is 5.56 Å². The molecule has 2 aliphatic rings. The van der Waals surface area contributed by atoms with Gasteiger partial charge in [0.05, 0.1) is 24.5 Å². The molecule has 2 aliphatic heterocycles. The normalized spacial score (nSPS) is 27.7. The molecule has 116 valence electrons. The Morgan fingerprint density at radius 1 is 1.24 bits per heavy atom. The third-order valence-electron chi connectivity index (χ3n) is 4.37. The summed E-state index contributed by atoms with van der Waals surface area (Å²) in [6.07, 6.45) is 0.00351. The fourth-order valence-electron chi connectivity index (χ4n) is 3.15. The first kappa shape index (κ1) is 15.0. The van der Waals surface area contributed by atoms with Crippen molar-refractivity contribution >= 4 is 10.0 Å². The van der Waals surface area contributed by atoms with Crippen LogP contribution in [0, 0.1) is 0 Å².